The van der Waals surface area contributed by atoms with E-state index in [-0.39, 0.29) is 11.5 Å². The molecule has 1 heterocycles. The van der Waals surface area contributed by atoms with Crippen LogP contribution in [0.4, 0.5) is 0 Å². The number of hydrogen-bond acceptors (Lipinski definition) is 2. The second-order valence-corrected chi connectivity index (χ2v) is 6.17. The van der Waals surface area contributed by atoms with Crippen molar-refractivity contribution < 1.29 is 5.11 Å². The molecule has 1 aliphatic carbocycles. The van der Waals surface area contributed by atoms with Crippen molar-refractivity contribution in [1.29, 1.82) is 0 Å². The van der Waals surface area contributed by atoms with Crippen LogP contribution >= 0.6 is 0 Å². The molecule has 1 N–H and O–H groups in total. The molecule has 1 saturated heterocycles. The largest absolute Gasteiger partial charge is 0.388 e. The molecule has 0 radical (unpaired) electrons. The van der Waals surface area contributed by atoms with Gasteiger partial charge in [0.1, 0.15) is 0 Å². The van der Waals surface area contributed by atoms with Gasteiger partial charge in [0.05, 0.1) is 6.10 Å². The van der Waals surface area contributed by atoms with Gasteiger partial charge in [0.2, 0.25) is 0 Å². The third-order valence-electron chi connectivity index (χ3n) is 4.22. The van der Waals surface area contributed by atoms with Crippen molar-refractivity contribution in [2.24, 2.45) is 5.41 Å². The van der Waals surface area contributed by atoms with Crippen molar-refractivity contribution in [2.45, 2.75) is 31.8 Å². The van der Waals surface area contributed by atoms with Gasteiger partial charge in [-0.05, 0) is 36.9 Å². The maximum Gasteiger partial charge on any atom is 0.0868 e. The Bertz CT molecular complexity index is 401. The van der Waals surface area contributed by atoms with Gasteiger partial charge in [-0.15, -0.1) is 0 Å². The summed E-state index contributed by atoms with van der Waals surface area (Å²) >= 11 is 0. The van der Waals surface area contributed by atoms with E-state index in [9.17, 15) is 5.11 Å². The average molecular weight is 231 g/mol. The number of hydrogen-bond donors (Lipinski definition) is 1. The third kappa shape index (κ3) is 2.00. The van der Waals surface area contributed by atoms with E-state index in [4.69, 9.17) is 0 Å². The van der Waals surface area contributed by atoms with Crippen LogP contribution in [0.3, 0.4) is 0 Å². The first-order valence-electron chi connectivity index (χ1n) is 6.55. The predicted octanol–water partition coefficient (Wildman–Crippen LogP) is 2.55. The minimum Gasteiger partial charge on any atom is -0.388 e. The Hall–Kier alpha value is -0.860. The quantitative estimate of drug-likeness (QED) is 0.864. The van der Waals surface area contributed by atoms with Gasteiger partial charge in [0.25, 0.3) is 0 Å². The fraction of sp³-hybridized carbons (Fsp3) is 0.600. The Morgan fingerprint density at radius 3 is 2.29 bits per heavy atom. The Morgan fingerprint density at radius 2 is 1.82 bits per heavy atom. The van der Waals surface area contributed by atoms with E-state index in [2.05, 4.69) is 43.1 Å². The zero-order chi connectivity index (χ0) is 12.0. The summed E-state index contributed by atoms with van der Waals surface area (Å²) in [6.07, 6.45) is 2.35. The molecule has 0 amide bonds. The lowest BCUT2D eigenvalue weighted by atomic mass is 9.74. The minimum absolute atomic E-state index is 0.0375. The molecule has 1 aliphatic heterocycles. The number of aliphatic hydroxyl groups excluding tert-OH is 1. The highest BCUT2D eigenvalue weighted by atomic mass is 16.3. The number of aliphatic hydroxyl groups is 1. The second-order valence-electron chi connectivity index (χ2n) is 6.17. The maximum absolute atomic E-state index is 10.4. The summed E-state index contributed by atoms with van der Waals surface area (Å²) in [5.74, 6) is 0.798. The van der Waals surface area contributed by atoms with Crippen LogP contribution in [0.5, 0.6) is 0 Å². The summed E-state index contributed by atoms with van der Waals surface area (Å²) in [4.78, 5) is 2.25. The van der Waals surface area contributed by atoms with E-state index in [1.54, 1.807) is 0 Å². The SMILES string of the molecule is CN1CC(C)(C(O)c2ccc(C3CC3)cc2)C1. The number of nitrogens with zero attached hydrogens (tertiary/aromatic N) is 1. The standard InChI is InChI=1S/C15H21NO/c1-15(9-16(2)10-15)14(17)13-7-5-12(6-8-13)11-3-4-11/h5-8,11,14,17H,3-4,9-10H2,1-2H3. The van der Waals surface area contributed by atoms with E-state index >= 15 is 0 Å². The third-order valence-corrected chi connectivity index (χ3v) is 4.22. The van der Waals surface area contributed by atoms with Crippen LogP contribution in [0.15, 0.2) is 24.3 Å². The molecule has 1 atom stereocenters. The zero-order valence-corrected chi connectivity index (χ0v) is 10.7. The van der Waals surface area contributed by atoms with Crippen LogP contribution in [0.2, 0.25) is 0 Å². The van der Waals surface area contributed by atoms with E-state index < -0.39 is 0 Å². The number of benzene rings is 1. The Balaban J connectivity index is 1.74. The lowest BCUT2D eigenvalue weighted by Crippen LogP contribution is -2.55. The van der Waals surface area contributed by atoms with Crippen molar-refractivity contribution >= 4 is 0 Å². The van der Waals surface area contributed by atoms with Crippen molar-refractivity contribution in [2.75, 3.05) is 20.1 Å². The maximum atomic E-state index is 10.4. The normalized spacial score (nSPS) is 25.4. The van der Waals surface area contributed by atoms with Crippen molar-refractivity contribution in [1.82, 2.24) is 4.90 Å². The molecule has 2 heteroatoms. The smallest absolute Gasteiger partial charge is 0.0868 e. The molecule has 0 bridgehead atoms. The first-order chi connectivity index (χ1) is 8.08. The van der Waals surface area contributed by atoms with Crippen LogP contribution in [0.1, 0.15) is 42.9 Å². The average Bonchev–Trinajstić information content (AvgIpc) is 3.10. The molecule has 1 saturated carbocycles. The van der Waals surface area contributed by atoms with Gasteiger partial charge in [0.15, 0.2) is 0 Å². The molecule has 17 heavy (non-hydrogen) atoms. The molecule has 1 unspecified atom stereocenters. The molecular weight excluding hydrogens is 210 g/mol. The Labute approximate surface area is 103 Å². The fourth-order valence-corrected chi connectivity index (χ4v) is 3.13. The zero-order valence-electron chi connectivity index (χ0n) is 10.7. The highest BCUT2D eigenvalue weighted by molar-refractivity contribution is 5.30. The summed E-state index contributed by atoms with van der Waals surface area (Å²) in [6, 6.07) is 8.62. The van der Waals surface area contributed by atoms with Crippen LogP contribution in [-0.4, -0.2) is 30.1 Å². The van der Waals surface area contributed by atoms with Gasteiger partial charge in [-0.3, -0.25) is 0 Å². The van der Waals surface area contributed by atoms with Gasteiger partial charge < -0.3 is 10.0 Å². The molecule has 2 aliphatic rings. The van der Waals surface area contributed by atoms with Gasteiger partial charge in [-0.25, -0.2) is 0 Å². The molecular formula is C15H21NO. The van der Waals surface area contributed by atoms with Crippen LogP contribution in [-0.2, 0) is 0 Å². The predicted molar refractivity (Wildman–Crippen MR) is 69.0 cm³/mol. The first kappa shape index (κ1) is 11.2. The molecule has 3 rings (SSSR count). The highest BCUT2D eigenvalue weighted by Gasteiger charge is 2.43. The summed E-state index contributed by atoms with van der Waals surface area (Å²) in [5, 5.41) is 10.4. The number of rotatable bonds is 3. The van der Waals surface area contributed by atoms with Crippen molar-refractivity contribution in [3.8, 4) is 0 Å². The van der Waals surface area contributed by atoms with Gasteiger partial charge in [-0.2, -0.15) is 0 Å². The Kier molecular flexibility index (Phi) is 2.53. The summed E-state index contributed by atoms with van der Waals surface area (Å²) in [7, 11) is 2.10. The lowest BCUT2D eigenvalue weighted by Gasteiger charge is -2.49. The van der Waals surface area contributed by atoms with Gasteiger partial charge in [-0.1, -0.05) is 31.2 Å². The summed E-state index contributed by atoms with van der Waals surface area (Å²) in [6.45, 7) is 4.14. The molecule has 2 fully saturated rings. The summed E-state index contributed by atoms with van der Waals surface area (Å²) in [5.41, 5.74) is 2.55. The fourth-order valence-electron chi connectivity index (χ4n) is 3.13. The van der Waals surface area contributed by atoms with Crippen molar-refractivity contribution in [3.05, 3.63) is 35.4 Å². The lowest BCUT2D eigenvalue weighted by molar-refractivity contribution is -0.0708. The second kappa shape index (κ2) is 3.82. The highest BCUT2D eigenvalue weighted by Crippen LogP contribution is 2.43. The molecule has 0 spiro atoms. The number of likely N-dealkylation sites (tertiary alicyclic amines) is 1. The molecule has 0 aromatic heterocycles. The van der Waals surface area contributed by atoms with E-state index in [1.807, 2.05) is 0 Å². The van der Waals surface area contributed by atoms with Crippen LogP contribution in [0, 0.1) is 5.41 Å². The summed E-state index contributed by atoms with van der Waals surface area (Å²) < 4.78 is 0. The monoisotopic (exact) mass is 231 g/mol. The van der Waals surface area contributed by atoms with E-state index in [1.165, 1.54) is 18.4 Å². The topological polar surface area (TPSA) is 23.5 Å². The molecule has 2 nitrogen and oxygen atoms in total. The van der Waals surface area contributed by atoms with E-state index in [0.29, 0.717) is 0 Å². The van der Waals surface area contributed by atoms with E-state index in [0.717, 1.165) is 24.6 Å². The first-order valence-corrected chi connectivity index (χ1v) is 6.55. The van der Waals surface area contributed by atoms with Gasteiger partial charge >= 0.3 is 0 Å². The van der Waals surface area contributed by atoms with Gasteiger partial charge in [0, 0.05) is 18.5 Å². The molecule has 1 aromatic rings. The van der Waals surface area contributed by atoms with Crippen LogP contribution < -0.4 is 0 Å². The minimum atomic E-state index is -0.327. The van der Waals surface area contributed by atoms with Crippen LogP contribution in [0.25, 0.3) is 0 Å². The van der Waals surface area contributed by atoms with Crippen molar-refractivity contribution in [3.63, 3.8) is 0 Å². The Morgan fingerprint density at radius 1 is 1.24 bits per heavy atom. The molecule has 92 valence electrons. The molecule has 1 aromatic carbocycles.